The zero-order valence-electron chi connectivity index (χ0n) is 16.6. The van der Waals surface area contributed by atoms with E-state index in [9.17, 15) is 9.59 Å². The highest BCUT2D eigenvalue weighted by molar-refractivity contribution is 7.22. The fourth-order valence-corrected chi connectivity index (χ4v) is 3.98. The molecule has 0 aliphatic heterocycles. The molecule has 3 aromatic rings. The van der Waals surface area contributed by atoms with Crippen LogP contribution in [0.5, 0.6) is 0 Å². The summed E-state index contributed by atoms with van der Waals surface area (Å²) in [7, 11) is 0. The molecule has 1 aromatic carbocycles. The molecule has 148 valence electrons. The SMILES string of the molecule is CCN(CC)c1nc2ncn(CC(=O)Nc3ccc(C(C)C)cc3)c(=O)c2s1. The summed E-state index contributed by atoms with van der Waals surface area (Å²) < 4.78 is 1.79. The van der Waals surface area contributed by atoms with Gasteiger partial charge in [0.1, 0.15) is 17.6 Å². The Morgan fingerprint density at radius 1 is 1.21 bits per heavy atom. The molecule has 0 saturated carbocycles. The third kappa shape index (κ3) is 4.22. The van der Waals surface area contributed by atoms with Gasteiger partial charge in [0.05, 0.1) is 0 Å². The number of nitrogens with zero attached hydrogens (tertiary/aromatic N) is 4. The Morgan fingerprint density at radius 3 is 2.50 bits per heavy atom. The monoisotopic (exact) mass is 399 g/mol. The average molecular weight is 400 g/mol. The molecule has 0 spiro atoms. The molecule has 0 saturated heterocycles. The molecule has 1 N–H and O–H groups in total. The maximum absolute atomic E-state index is 12.7. The van der Waals surface area contributed by atoms with Crippen LogP contribution in [0.2, 0.25) is 0 Å². The number of benzene rings is 1. The zero-order valence-corrected chi connectivity index (χ0v) is 17.4. The molecule has 0 fully saturated rings. The second kappa shape index (κ2) is 8.52. The molecule has 0 aliphatic rings. The van der Waals surface area contributed by atoms with Crippen molar-refractivity contribution in [2.24, 2.45) is 0 Å². The number of amides is 1. The van der Waals surface area contributed by atoms with E-state index in [2.05, 4.69) is 34.0 Å². The van der Waals surface area contributed by atoms with Gasteiger partial charge in [-0.2, -0.15) is 4.98 Å². The van der Waals surface area contributed by atoms with Gasteiger partial charge in [-0.05, 0) is 37.5 Å². The topological polar surface area (TPSA) is 80.1 Å². The summed E-state index contributed by atoms with van der Waals surface area (Å²) in [6, 6.07) is 7.73. The van der Waals surface area contributed by atoms with Crippen molar-refractivity contribution >= 4 is 38.4 Å². The zero-order chi connectivity index (χ0) is 20.3. The summed E-state index contributed by atoms with van der Waals surface area (Å²) >= 11 is 1.32. The molecule has 7 nitrogen and oxygen atoms in total. The van der Waals surface area contributed by atoms with Crippen LogP contribution in [-0.4, -0.2) is 33.5 Å². The van der Waals surface area contributed by atoms with Gasteiger partial charge in [-0.1, -0.05) is 37.3 Å². The Hall–Kier alpha value is -2.74. The van der Waals surface area contributed by atoms with Crippen LogP contribution < -0.4 is 15.8 Å². The quantitative estimate of drug-likeness (QED) is 0.658. The first-order chi connectivity index (χ1) is 13.4. The predicted molar refractivity (Wildman–Crippen MR) is 114 cm³/mol. The van der Waals surface area contributed by atoms with E-state index in [1.54, 1.807) is 0 Å². The lowest BCUT2D eigenvalue weighted by Gasteiger charge is -2.15. The molecular formula is C20H25N5O2S. The lowest BCUT2D eigenvalue weighted by atomic mass is 10.0. The lowest BCUT2D eigenvalue weighted by Crippen LogP contribution is -2.27. The van der Waals surface area contributed by atoms with Crippen LogP contribution in [0.3, 0.4) is 0 Å². The van der Waals surface area contributed by atoms with E-state index in [-0.39, 0.29) is 18.0 Å². The Morgan fingerprint density at radius 2 is 1.89 bits per heavy atom. The van der Waals surface area contributed by atoms with Gasteiger partial charge in [-0.15, -0.1) is 0 Å². The van der Waals surface area contributed by atoms with Crippen LogP contribution >= 0.6 is 11.3 Å². The highest BCUT2D eigenvalue weighted by atomic mass is 32.1. The highest BCUT2D eigenvalue weighted by Gasteiger charge is 2.15. The van der Waals surface area contributed by atoms with E-state index in [0.29, 0.717) is 22.0 Å². The molecule has 28 heavy (non-hydrogen) atoms. The van der Waals surface area contributed by atoms with E-state index in [0.717, 1.165) is 18.2 Å². The number of nitrogens with one attached hydrogen (secondary N) is 1. The van der Waals surface area contributed by atoms with E-state index < -0.39 is 0 Å². The molecule has 2 heterocycles. The van der Waals surface area contributed by atoms with Crippen molar-refractivity contribution in [1.82, 2.24) is 14.5 Å². The highest BCUT2D eigenvalue weighted by Crippen LogP contribution is 2.24. The fraction of sp³-hybridized carbons (Fsp3) is 0.400. The van der Waals surface area contributed by atoms with Crippen LogP contribution in [0.4, 0.5) is 10.8 Å². The number of fused-ring (bicyclic) bond motifs is 1. The third-order valence-electron chi connectivity index (χ3n) is 4.58. The Bertz CT molecular complexity index is 1020. The minimum Gasteiger partial charge on any atom is -0.349 e. The smallest absolute Gasteiger partial charge is 0.273 e. The van der Waals surface area contributed by atoms with Crippen molar-refractivity contribution in [2.75, 3.05) is 23.3 Å². The number of hydrogen-bond acceptors (Lipinski definition) is 6. The van der Waals surface area contributed by atoms with Gasteiger partial charge in [-0.25, -0.2) is 4.98 Å². The molecule has 0 radical (unpaired) electrons. The van der Waals surface area contributed by atoms with E-state index in [1.807, 2.05) is 38.1 Å². The van der Waals surface area contributed by atoms with Gasteiger partial charge < -0.3 is 10.2 Å². The van der Waals surface area contributed by atoms with Crippen LogP contribution in [0.25, 0.3) is 10.3 Å². The Kier molecular flexibility index (Phi) is 6.08. The normalized spacial score (nSPS) is 11.2. The molecular weight excluding hydrogens is 374 g/mol. The summed E-state index contributed by atoms with van der Waals surface area (Å²) in [5.74, 6) is 0.163. The van der Waals surface area contributed by atoms with Crippen molar-refractivity contribution in [1.29, 1.82) is 0 Å². The lowest BCUT2D eigenvalue weighted by molar-refractivity contribution is -0.116. The molecule has 0 aliphatic carbocycles. The summed E-state index contributed by atoms with van der Waals surface area (Å²) in [6.07, 6.45) is 1.39. The number of aromatic nitrogens is 3. The largest absolute Gasteiger partial charge is 0.349 e. The summed E-state index contributed by atoms with van der Waals surface area (Å²) in [4.78, 5) is 35.9. The summed E-state index contributed by atoms with van der Waals surface area (Å²) in [5.41, 5.74) is 2.10. The van der Waals surface area contributed by atoms with Crippen LogP contribution in [0.15, 0.2) is 35.4 Å². The van der Waals surface area contributed by atoms with Crippen molar-refractivity contribution in [3.63, 3.8) is 0 Å². The number of thiazole rings is 1. The molecule has 0 atom stereocenters. The standard InChI is InChI=1S/C20H25N5O2S/c1-5-24(6-2)20-23-18-17(28-20)19(27)25(12-21-18)11-16(26)22-15-9-7-14(8-10-15)13(3)4/h7-10,12-13H,5-6,11H2,1-4H3,(H,22,26). The number of anilines is 2. The first kappa shape index (κ1) is 20.0. The summed E-state index contributed by atoms with van der Waals surface area (Å²) in [5, 5.41) is 3.60. The number of rotatable bonds is 7. The Labute approximate surface area is 168 Å². The molecule has 3 rings (SSSR count). The van der Waals surface area contributed by atoms with E-state index in [4.69, 9.17) is 0 Å². The minimum atomic E-state index is -0.269. The van der Waals surface area contributed by atoms with Gasteiger partial charge in [0.15, 0.2) is 10.8 Å². The first-order valence-corrected chi connectivity index (χ1v) is 10.2. The van der Waals surface area contributed by atoms with Crippen molar-refractivity contribution in [3.8, 4) is 0 Å². The van der Waals surface area contributed by atoms with Gasteiger partial charge in [0.2, 0.25) is 5.91 Å². The second-order valence-electron chi connectivity index (χ2n) is 6.82. The van der Waals surface area contributed by atoms with Crippen LogP contribution in [-0.2, 0) is 11.3 Å². The third-order valence-corrected chi connectivity index (χ3v) is 5.67. The first-order valence-electron chi connectivity index (χ1n) is 9.43. The maximum atomic E-state index is 12.7. The summed E-state index contributed by atoms with van der Waals surface area (Å²) in [6.45, 7) is 9.85. The average Bonchev–Trinajstić information content (AvgIpc) is 3.10. The van der Waals surface area contributed by atoms with Gasteiger partial charge in [0, 0.05) is 18.8 Å². The molecule has 1 amide bonds. The molecule has 0 bridgehead atoms. The molecule has 2 aromatic heterocycles. The maximum Gasteiger partial charge on any atom is 0.273 e. The molecule has 0 unspecified atom stereocenters. The van der Waals surface area contributed by atoms with Crippen LogP contribution in [0, 0.1) is 0 Å². The molecule has 8 heteroatoms. The van der Waals surface area contributed by atoms with Crippen LogP contribution in [0.1, 0.15) is 39.2 Å². The number of carbonyl (C=O) groups excluding carboxylic acids is 1. The Balaban J connectivity index is 1.77. The number of carbonyl (C=O) groups is 1. The minimum absolute atomic E-state index is 0.0911. The second-order valence-corrected chi connectivity index (χ2v) is 7.80. The van der Waals surface area contributed by atoms with E-state index in [1.165, 1.54) is 27.8 Å². The predicted octanol–water partition coefficient (Wildman–Crippen LogP) is 3.46. The van der Waals surface area contributed by atoms with Crippen molar-refractivity contribution in [2.45, 2.75) is 40.2 Å². The fourth-order valence-electron chi connectivity index (χ4n) is 2.88. The van der Waals surface area contributed by atoms with Gasteiger partial charge in [0.25, 0.3) is 5.56 Å². The van der Waals surface area contributed by atoms with E-state index >= 15 is 0 Å². The van der Waals surface area contributed by atoms with Crippen molar-refractivity contribution in [3.05, 3.63) is 46.5 Å². The van der Waals surface area contributed by atoms with Crippen molar-refractivity contribution < 1.29 is 4.79 Å². The van der Waals surface area contributed by atoms with Gasteiger partial charge in [-0.3, -0.25) is 14.2 Å². The van der Waals surface area contributed by atoms with Gasteiger partial charge >= 0.3 is 0 Å². The number of hydrogen-bond donors (Lipinski definition) is 1.